The highest BCUT2D eigenvalue weighted by molar-refractivity contribution is 5.23. The minimum Gasteiger partial charge on any atom is -0.393 e. The van der Waals surface area contributed by atoms with Gasteiger partial charge in [-0.15, -0.1) is 0 Å². The maximum Gasteiger partial charge on any atom is 0.162 e. The fraction of sp³-hybridized carbons (Fsp3) is 0.500. The molecule has 0 aliphatic heterocycles. The number of hydrogen-bond acceptors (Lipinski definition) is 1. The summed E-state index contributed by atoms with van der Waals surface area (Å²) in [6.45, 7) is 3.65. The molecule has 0 spiro atoms. The van der Waals surface area contributed by atoms with Gasteiger partial charge in [-0.25, -0.2) is 8.78 Å². The maximum absolute atomic E-state index is 13.4. The van der Waals surface area contributed by atoms with Crippen LogP contribution in [0.2, 0.25) is 0 Å². The van der Waals surface area contributed by atoms with Crippen LogP contribution in [-0.2, 0) is 0 Å². The average molecular weight is 214 g/mol. The Morgan fingerprint density at radius 2 is 2.00 bits per heavy atom. The standard InChI is InChI=1S/C12H16F2O/c1-3-5-11(15)8(2)9-6-4-7-10(13)12(9)14/h4,6-8,11,15H,3,5H2,1-2H3. The number of aliphatic hydroxyl groups excluding tert-OH is 1. The SMILES string of the molecule is CCCC(O)C(C)c1cccc(F)c1F. The molecule has 0 fully saturated rings. The second-order valence-electron chi connectivity index (χ2n) is 3.79. The molecule has 2 unspecified atom stereocenters. The number of hydrogen-bond donors (Lipinski definition) is 1. The summed E-state index contributed by atoms with van der Waals surface area (Å²) in [5, 5.41) is 9.70. The summed E-state index contributed by atoms with van der Waals surface area (Å²) in [6, 6.07) is 4.06. The van der Waals surface area contributed by atoms with Crippen molar-refractivity contribution in [2.24, 2.45) is 0 Å². The van der Waals surface area contributed by atoms with E-state index < -0.39 is 17.7 Å². The van der Waals surface area contributed by atoms with E-state index in [0.717, 1.165) is 12.5 Å². The second kappa shape index (κ2) is 5.21. The van der Waals surface area contributed by atoms with Crippen molar-refractivity contribution in [1.29, 1.82) is 0 Å². The quantitative estimate of drug-likeness (QED) is 0.815. The zero-order valence-electron chi connectivity index (χ0n) is 9.00. The van der Waals surface area contributed by atoms with Crippen LogP contribution >= 0.6 is 0 Å². The van der Waals surface area contributed by atoms with E-state index in [-0.39, 0.29) is 11.5 Å². The smallest absolute Gasteiger partial charge is 0.162 e. The number of benzene rings is 1. The van der Waals surface area contributed by atoms with Crippen molar-refractivity contribution >= 4 is 0 Å². The van der Waals surface area contributed by atoms with E-state index in [1.54, 1.807) is 6.92 Å². The van der Waals surface area contributed by atoms with E-state index in [1.807, 2.05) is 6.92 Å². The number of halogens is 2. The Labute approximate surface area is 88.7 Å². The summed E-state index contributed by atoms with van der Waals surface area (Å²) in [7, 11) is 0. The minimum absolute atomic E-state index is 0.246. The molecule has 0 saturated heterocycles. The first-order valence-electron chi connectivity index (χ1n) is 5.19. The summed E-state index contributed by atoms with van der Waals surface area (Å²) < 4.78 is 26.3. The lowest BCUT2D eigenvalue weighted by atomic mass is 9.92. The van der Waals surface area contributed by atoms with Crippen molar-refractivity contribution in [3.63, 3.8) is 0 Å². The van der Waals surface area contributed by atoms with Gasteiger partial charge in [0, 0.05) is 5.92 Å². The van der Waals surface area contributed by atoms with Crippen LogP contribution in [0.1, 0.15) is 38.2 Å². The second-order valence-corrected chi connectivity index (χ2v) is 3.79. The van der Waals surface area contributed by atoms with E-state index in [4.69, 9.17) is 0 Å². The Morgan fingerprint density at radius 3 is 2.60 bits per heavy atom. The molecule has 0 heterocycles. The van der Waals surface area contributed by atoms with Gasteiger partial charge in [0.1, 0.15) is 0 Å². The molecule has 0 bridgehead atoms. The molecular weight excluding hydrogens is 198 g/mol. The van der Waals surface area contributed by atoms with Gasteiger partial charge in [-0.05, 0) is 18.1 Å². The molecule has 0 radical (unpaired) electrons. The van der Waals surface area contributed by atoms with Gasteiger partial charge < -0.3 is 5.11 Å². The van der Waals surface area contributed by atoms with Crippen LogP contribution in [0.15, 0.2) is 18.2 Å². The highest BCUT2D eigenvalue weighted by Gasteiger charge is 2.20. The lowest BCUT2D eigenvalue weighted by molar-refractivity contribution is 0.137. The van der Waals surface area contributed by atoms with Crippen LogP contribution in [0, 0.1) is 11.6 Å². The summed E-state index contributed by atoms with van der Waals surface area (Å²) in [4.78, 5) is 0. The molecule has 0 aliphatic carbocycles. The Hall–Kier alpha value is -0.960. The Bertz CT molecular complexity index is 325. The molecule has 1 rings (SSSR count). The molecule has 84 valence electrons. The predicted octanol–water partition coefficient (Wildman–Crippen LogP) is 3.23. The van der Waals surface area contributed by atoms with Gasteiger partial charge >= 0.3 is 0 Å². The van der Waals surface area contributed by atoms with Crippen molar-refractivity contribution < 1.29 is 13.9 Å². The van der Waals surface area contributed by atoms with Gasteiger partial charge in [-0.2, -0.15) is 0 Å². The third-order valence-electron chi connectivity index (χ3n) is 2.63. The zero-order chi connectivity index (χ0) is 11.4. The number of rotatable bonds is 4. The van der Waals surface area contributed by atoms with E-state index in [2.05, 4.69) is 0 Å². The lowest BCUT2D eigenvalue weighted by Crippen LogP contribution is -2.17. The third kappa shape index (κ3) is 2.75. The normalized spacial score (nSPS) is 15.0. The highest BCUT2D eigenvalue weighted by atomic mass is 19.2. The maximum atomic E-state index is 13.4. The first kappa shape index (κ1) is 12.1. The van der Waals surface area contributed by atoms with E-state index in [0.29, 0.717) is 6.42 Å². The molecule has 2 atom stereocenters. The van der Waals surface area contributed by atoms with Crippen LogP contribution in [0.25, 0.3) is 0 Å². The van der Waals surface area contributed by atoms with Gasteiger partial charge in [0.25, 0.3) is 0 Å². The molecule has 1 aromatic carbocycles. The first-order chi connectivity index (χ1) is 7.07. The van der Waals surface area contributed by atoms with Gasteiger partial charge in [0.05, 0.1) is 6.10 Å². The van der Waals surface area contributed by atoms with Crippen LogP contribution in [-0.4, -0.2) is 11.2 Å². The molecule has 0 amide bonds. The Balaban J connectivity index is 2.90. The molecule has 0 aliphatic rings. The van der Waals surface area contributed by atoms with Crippen LogP contribution in [0.3, 0.4) is 0 Å². The molecular formula is C12H16F2O. The summed E-state index contributed by atoms with van der Waals surface area (Å²) in [5.41, 5.74) is 0.246. The van der Waals surface area contributed by atoms with Crippen molar-refractivity contribution in [1.82, 2.24) is 0 Å². The summed E-state index contributed by atoms with van der Waals surface area (Å²) in [5.74, 6) is -2.08. The third-order valence-corrected chi connectivity index (χ3v) is 2.63. The van der Waals surface area contributed by atoms with Crippen LogP contribution < -0.4 is 0 Å². The monoisotopic (exact) mass is 214 g/mol. The Kier molecular flexibility index (Phi) is 4.21. The fourth-order valence-corrected chi connectivity index (χ4v) is 1.63. The molecule has 1 N–H and O–H groups in total. The predicted molar refractivity (Wildman–Crippen MR) is 55.7 cm³/mol. The topological polar surface area (TPSA) is 20.2 Å². The van der Waals surface area contributed by atoms with E-state index >= 15 is 0 Å². The minimum atomic E-state index is -0.858. The molecule has 1 aromatic rings. The largest absolute Gasteiger partial charge is 0.393 e. The molecule has 3 heteroatoms. The average Bonchev–Trinajstić information content (AvgIpc) is 2.21. The fourth-order valence-electron chi connectivity index (χ4n) is 1.63. The summed E-state index contributed by atoms with van der Waals surface area (Å²) in [6.07, 6.45) is 0.797. The van der Waals surface area contributed by atoms with Gasteiger partial charge in [0.15, 0.2) is 11.6 Å². The van der Waals surface area contributed by atoms with Crippen molar-refractivity contribution in [3.8, 4) is 0 Å². The van der Waals surface area contributed by atoms with E-state index in [9.17, 15) is 13.9 Å². The lowest BCUT2D eigenvalue weighted by Gasteiger charge is -2.19. The summed E-state index contributed by atoms with van der Waals surface area (Å²) >= 11 is 0. The van der Waals surface area contributed by atoms with E-state index in [1.165, 1.54) is 12.1 Å². The van der Waals surface area contributed by atoms with Crippen LogP contribution in [0.5, 0.6) is 0 Å². The number of aliphatic hydroxyl groups is 1. The van der Waals surface area contributed by atoms with Crippen molar-refractivity contribution in [2.45, 2.75) is 38.7 Å². The molecule has 0 aromatic heterocycles. The van der Waals surface area contributed by atoms with Gasteiger partial charge in [-0.1, -0.05) is 32.4 Å². The van der Waals surface area contributed by atoms with Crippen molar-refractivity contribution in [2.75, 3.05) is 0 Å². The zero-order valence-corrected chi connectivity index (χ0v) is 9.00. The molecule has 0 saturated carbocycles. The molecule has 1 nitrogen and oxygen atoms in total. The molecule has 15 heavy (non-hydrogen) atoms. The Morgan fingerprint density at radius 1 is 1.33 bits per heavy atom. The highest BCUT2D eigenvalue weighted by Crippen LogP contribution is 2.25. The van der Waals surface area contributed by atoms with Gasteiger partial charge in [-0.3, -0.25) is 0 Å². The first-order valence-corrected chi connectivity index (χ1v) is 5.19. The van der Waals surface area contributed by atoms with Gasteiger partial charge in [0.2, 0.25) is 0 Å². The van der Waals surface area contributed by atoms with Crippen LogP contribution in [0.4, 0.5) is 8.78 Å². The van der Waals surface area contributed by atoms with Crippen molar-refractivity contribution in [3.05, 3.63) is 35.4 Å².